The highest BCUT2D eigenvalue weighted by Gasteiger charge is 1.99. The molecule has 0 unspecified atom stereocenters. The van der Waals surface area contributed by atoms with Crippen molar-refractivity contribution in [1.82, 2.24) is 10.4 Å². The molecule has 0 fully saturated rings. The van der Waals surface area contributed by atoms with Gasteiger partial charge in [-0.05, 0) is 13.3 Å². The minimum atomic E-state index is -0.0258. The van der Waals surface area contributed by atoms with Crippen LogP contribution in [-0.4, -0.2) is 35.0 Å². The summed E-state index contributed by atoms with van der Waals surface area (Å²) in [7, 11) is 0. The fraction of sp³-hybridized carbons (Fsp3) is 0.500. The van der Waals surface area contributed by atoms with Crippen LogP contribution >= 0.6 is 0 Å². The lowest BCUT2D eigenvalue weighted by molar-refractivity contribution is 0.463. The number of allylic oxidation sites excluding steroid dienone is 1. The van der Waals surface area contributed by atoms with E-state index in [1.165, 1.54) is 12.6 Å². The number of nitrogens with two attached hydrogens (primary N) is 1. The highest BCUT2D eigenvalue weighted by Crippen LogP contribution is 2.03. The molecular weight excluding hydrogens is 220 g/mol. The van der Waals surface area contributed by atoms with Crippen LogP contribution in [0.3, 0.4) is 0 Å². The molecule has 0 heterocycles. The maximum atomic E-state index is 8.85. The maximum Gasteiger partial charge on any atom is 0.159 e. The van der Waals surface area contributed by atoms with Gasteiger partial charge in [-0.25, -0.2) is 10.9 Å². The SMILES string of the molecule is CCCC(=CO)N=CC(=N)N(N)/C=N\NCC. The standard InChI is InChI=1S/C10H20N6O/c1-3-5-9(7-17)13-6-10(11)16(12)8-15-14-4-2/h6-8,11,14,17H,3-5,12H2,1-2H3/b9-7?,11-10?,13-6?,15-8-. The van der Waals surface area contributed by atoms with Crippen molar-refractivity contribution in [3.8, 4) is 0 Å². The van der Waals surface area contributed by atoms with Crippen molar-refractivity contribution in [2.75, 3.05) is 6.54 Å². The Morgan fingerprint density at radius 1 is 1.53 bits per heavy atom. The Hall–Kier alpha value is -1.89. The van der Waals surface area contributed by atoms with E-state index in [9.17, 15) is 0 Å². The van der Waals surface area contributed by atoms with Gasteiger partial charge in [0.15, 0.2) is 5.84 Å². The average molecular weight is 240 g/mol. The van der Waals surface area contributed by atoms with Gasteiger partial charge in [0.05, 0.1) is 11.9 Å². The third-order valence-corrected chi connectivity index (χ3v) is 1.72. The second-order valence-corrected chi connectivity index (χ2v) is 3.18. The first-order valence-electron chi connectivity index (χ1n) is 5.41. The number of rotatable bonds is 7. The lowest BCUT2D eigenvalue weighted by atomic mass is 10.3. The summed E-state index contributed by atoms with van der Waals surface area (Å²) in [5.74, 6) is 5.48. The number of hydrazine groups is 1. The molecule has 7 heteroatoms. The van der Waals surface area contributed by atoms with Gasteiger partial charge in [-0.3, -0.25) is 10.4 Å². The Bertz CT molecular complexity index is 310. The van der Waals surface area contributed by atoms with Gasteiger partial charge in [0.25, 0.3) is 0 Å². The Labute approximate surface area is 101 Å². The summed E-state index contributed by atoms with van der Waals surface area (Å²) >= 11 is 0. The highest BCUT2D eigenvalue weighted by molar-refractivity contribution is 6.30. The van der Waals surface area contributed by atoms with E-state index >= 15 is 0 Å². The van der Waals surface area contributed by atoms with Crippen LogP contribution in [0.4, 0.5) is 0 Å². The van der Waals surface area contributed by atoms with Crippen molar-refractivity contribution in [3.05, 3.63) is 12.0 Å². The molecule has 0 radical (unpaired) electrons. The largest absolute Gasteiger partial charge is 0.514 e. The lowest BCUT2D eigenvalue weighted by Gasteiger charge is -2.09. The molecule has 0 aromatic rings. The Balaban J connectivity index is 4.28. The maximum absolute atomic E-state index is 8.85. The molecule has 0 aromatic heterocycles. The first kappa shape index (κ1) is 15.1. The fourth-order valence-corrected chi connectivity index (χ4v) is 0.886. The molecule has 96 valence electrons. The molecule has 0 aliphatic heterocycles. The molecule has 0 aliphatic rings. The molecule has 5 N–H and O–H groups in total. The second kappa shape index (κ2) is 9.34. The number of hydrogen-bond donors (Lipinski definition) is 4. The van der Waals surface area contributed by atoms with Gasteiger partial charge < -0.3 is 10.5 Å². The van der Waals surface area contributed by atoms with Crippen LogP contribution in [0.15, 0.2) is 22.1 Å². The van der Waals surface area contributed by atoms with Crippen LogP contribution in [0.25, 0.3) is 0 Å². The van der Waals surface area contributed by atoms with Gasteiger partial charge in [0, 0.05) is 6.54 Å². The van der Waals surface area contributed by atoms with Crippen molar-refractivity contribution in [2.24, 2.45) is 15.9 Å². The van der Waals surface area contributed by atoms with Crippen LogP contribution in [-0.2, 0) is 0 Å². The second-order valence-electron chi connectivity index (χ2n) is 3.18. The minimum Gasteiger partial charge on any atom is -0.514 e. The molecule has 0 aliphatic carbocycles. The van der Waals surface area contributed by atoms with E-state index < -0.39 is 0 Å². The van der Waals surface area contributed by atoms with Gasteiger partial charge in [-0.15, -0.1) is 0 Å². The van der Waals surface area contributed by atoms with Gasteiger partial charge in [0.2, 0.25) is 0 Å². The van der Waals surface area contributed by atoms with Crippen molar-refractivity contribution < 1.29 is 5.11 Å². The molecule has 0 bridgehead atoms. The molecule has 0 amide bonds. The van der Waals surface area contributed by atoms with Crippen molar-refractivity contribution >= 4 is 18.4 Å². The summed E-state index contributed by atoms with van der Waals surface area (Å²) in [5, 5.41) is 21.2. The third kappa shape index (κ3) is 7.07. The number of aliphatic hydroxyl groups excluding tert-OH is 1. The van der Waals surface area contributed by atoms with E-state index in [0.29, 0.717) is 18.7 Å². The zero-order chi connectivity index (χ0) is 13.1. The number of hydrogen-bond acceptors (Lipinski definition) is 6. The monoisotopic (exact) mass is 240 g/mol. The van der Waals surface area contributed by atoms with E-state index in [2.05, 4.69) is 15.5 Å². The quantitative estimate of drug-likeness (QED) is 0.175. The average Bonchev–Trinajstić information content (AvgIpc) is 2.34. The normalized spacial score (nSPS) is 12.3. The summed E-state index contributed by atoms with van der Waals surface area (Å²) in [6.45, 7) is 4.55. The minimum absolute atomic E-state index is 0.0258. The van der Waals surface area contributed by atoms with Crippen LogP contribution in [0.5, 0.6) is 0 Å². The number of nitrogens with zero attached hydrogens (tertiary/aromatic N) is 3. The number of amidine groups is 1. The lowest BCUT2D eigenvalue weighted by Crippen LogP contribution is -2.37. The van der Waals surface area contributed by atoms with Crippen molar-refractivity contribution in [1.29, 1.82) is 5.41 Å². The summed E-state index contributed by atoms with van der Waals surface area (Å²) in [5.41, 5.74) is 3.19. The first-order chi connectivity index (χ1) is 8.15. The predicted octanol–water partition coefficient (Wildman–Crippen LogP) is 0.962. The van der Waals surface area contributed by atoms with Crippen LogP contribution in [0.1, 0.15) is 26.7 Å². The van der Waals surface area contributed by atoms with E-state index in [-0.39, 0.29) is 5.84 Å². The molecule has 7 nitrogen and oxygen atoms in total. The van der Waals surface area contributed by atoms with Crippen LogP contribution in [0, 0.1) is 5.41 Å². The van der Waals surface area contributed by atoms with E-state index in [1.54, 1.807) is 0 Å². The van der Waals surface area contributed by atoms with Crippen molar-refractivity contribution in [3.63, 3.8) is 0 Å². The van der Waals surface area contributed by atoms with Gasteiger partial charge in [-0.2, -0.15) is 5.10 Å². The van der Waals surface area contributed by atoms with E-state index in [1.807, 2.05) is 13.8 Å². The topological polar surface area (TPSA) is 110 Å². The molecule has 17 heavy (non-hydrogen) atoms. The van der Waals surface area contributed by atoms with Gasteiger partial charge in [-0.1, -0.05) is 13.3 Å². The molecule has 0 saturated carbocycles. The van der Waals surface area contributed by atoms with E-state index in [0.717, 1.165) is 17.7 Å². The first-order valence-corrected chi connectivity index (χ1v) is 5.41. The molecule has 0 aromatic carbocycles. The smallest absolute Gasteiger partial charge is 0.159 e. The van der Waals surface area contributed by atoms with Crippen LogP contribution < -0.4 is 11.3 Å². The number of hydrazone groups is 1. The van der Waals surface area contributed by atoms with Crippen molar-refractivity contribution in [2.45, 2.75) is 26.7 Å². The summed E-state index contributed by atoms with van der Waals surface area (Å²) in [4.78, 5) is 3.94. The molecule has 0 spiro atoms. The Morgan fingerprint density at radius 2 is 2.24 bits per heavy atom. The zero-order valence-electron chi connectivity index (χ0n) is 10.2. The predicted molar refractivity (Wildman–Crippen MR) is 70.0 cm³/mol. The fourth-order valence-electron chi connectivity index (χ4n) is 0.886. The zero-order valence-corrected chi connectivity index (χ0v) is 10.2. The Morgan fingerprint density at radius 3 is 2.76 bits per heavy atom. The molecule has 0 rings (SSSR count). The van der Waals surface area contributed by atoms with Gasteiger partial charge >= 0.3 is 0 Å². The Kier molecular flexibility index (Phi) is 8.31. The van der Waals surface area contributed by atoms with Crippen LogP contribution in [0.2, 0.25) is 0 Å². The molecule has 0 atom stereocenters. The molecular formula is C10H20N6O. The summed E-state index contributed by atoms with van der Waals surface area (Å²) in [6.07, 6.45) is 4.98. The number of nitrogens with one attached hydrogen (secondary N) is 2. The summed E-state index contributed by atoms with van der Waals surface area (Å²) in [6, 6.07) is 0. The summed E-state index contributed by atoms with van der Waals surface area (Å²) < 4.78 is 0. The highest BCUT2D eigenvalue weighted by atomic mass is 16.2. The number of aliphatic hydroxyl groups is 1. The van der Waals surface area contributed by atoms with E-state index in [4.69, 9.17) is 16.4 Å². The number of aliphatic imine (C=N–C) groups is 1. The van der Waals surface area contributed by atoms with Gasteiger partial charge in [0.1, 0.15) is 12.6 Å². The third-order valence-electron chi connectivity index (χ3n) is 1.72. The molecule has 0 saturated heterocycles.